The number of piperazine rings is 1. The molecular formula is C22H32ClN5O. The summed E-state index contributed by atoms with van der Waals surface area (Å²) in [7, 11) is 0. The van der Waals surface area contributed by atoms with Crippen molar-refractivity contribution < 1.29 is 4.52 Å². The van der Waals surface area contributed by atoms with Crippen LogP contribution >= 0.6 is 11.6 Å². The van der Waals surface area contributed by atoms with Gasteiger partial charge in [0, 0.05) is 62.3 Å². The zero-order valence-electron chi connectivity index (χ0n) is 17.9. The maximum absolute atomic E-state index is 6.12. The van der Waals surface area contributed by atoms with E-state index in [1.54, 1.807) is 0 Å². The standard InChI is InChI=1S/C22H32ClN5O/c1-5-24-22(25-14-16(2)21-17(3)26-29-18(21)4)28-11-9-27(10-12-28)15-19-7-6-8-20(23)13-19/h6-8,13,16H,5,9-12,14-15H2,1-4H3,(H,24,25). The van der Waals surface area contributed by atoms with Gasteiger partial charge in [-0.1, -0.05) is 35.8 Å². The Labute approximate surface area is 178 Å². The number of rotatable bonds is 6. The van der Waals surface area contributed by atoms with Crippen LogP contribution < -0.4 is 5.32 Å². The van der Waals surface area contributed by atoms with Gasteiger partial charge >= 0.3 is 0 Å². The molecule has 0 amide bonds. The zero-order chi connectivity index (χ0) is 20.8. The van der Waals surface area contributed by atoms with Crippen LogP contribution in [-0.4, -0.2) is 60.2 Å². The Bertz CT molecular complexity index is 807. The van der Waals surface area contributed by atoms with Gasteiger partial charge in [-0.3, -0.25) is 9.89 Å². The molecule has 0 saturated carbocycles. The van der Waals surface area contributed by atoms with E-state index in [0.717, 1.165) is 61.7 Å². The van der Waals surface area contributed by atoms with Gasteiger partial charge in [0.05, 0.1) is 5.69 Å². The van der Waals surface area contributed by atoms with E-state index >= 15 is 0 Å². The van der Waals surface area contributed by atoms with Crippen LogP contribution in [0.1, 0.15) is 42.3 Å². The lowest BCUT2D eigenvalue weighted by Gasteiger charge is -2.36. The molecule has 2 heterocycles. The average molecular weight is 418 g/mol. The van der Waals surface area contributed by atoms with Gasteiger partial charge in [0.1, 0.15) is 5.76 Å². The van der Waals surface area contributed by atoms with E-state index in [1.807, 2.05) is 26.0 Å². The van der Waals surface area contributed by atoms with Gasteiger partial charge in [0.2, 0.25) is 0 Å². The molecule has 2 aromatic rings. The summed E-state index contributed by atoms with van der Waals surface area (Å²) in [6.07, 6.45) is 0. The molecule has 1 fully saturated rings. The fraction of sp³-hybridized carbons (Fsp3) is 0.545. The molecule has 29 heavy (non-hydrogen) atoms. The van der Waals surface area contributed by atoms with Gasteiger partial charge in [-0.2, -0.15) is 0 Å². The van der Waals surface area contributed by atoms with Crippen LogP contribution in [0.2, 0.25) is 5.02 Å². The van der Waals surface area contributed by atoms with Crippen LogP contribution in [0.4, 0.5) is 0 Å². The number of aromatic nitrogens is 1. The highest BCUT2D eigenvalue weighted by Gasteiger charge is 2.21. The SMILES string of the molecule is CCNC(=NCC(C)c1c(C)noc1C)N1CCN(Cc2cccc(Cl)c2)CC1. The molecule has 3 rings (SSSR count). The fourth-order valence-electron chi connectivity index (χ4n) is 3.95. The first-order chi connectivity index (χ1) is 14.0. The third-order valence-corrected chi connectivity index (χ3v) is 5.63. The lowest BCUT2D eigenvalue weighted by Crippen LogP contribution is -2.52. The van der Waals surface area contributed by atoms with Crippen molar-refractivity contribution in [1.29, 1.82) is 0 Å². The van der Waals surface area contributed by atoms with E-state index in [2.05, 4.69) is 46.3 Å². The Hall–Kier alpha value is -2.05. The van der Waals surface area contributed by atoms with Crippen molar-refractivity contribution in [2.75, 3.05) is 39.3 Å². The second-order valence-corrected chi connectivity index (χ2v) is 8.16. The van der Waals surface area contributed by atoms with Crippen LogP contribution in [0, 0.1) is 13.8 Å². The summed E-state index contributed by atoms with van der Waals surface area (Å²) < 4.78 is 5.32. The molecule has 0 aliphatic carbocycles. The largest absolute Gasteiger partial charge is 0.361 e. The number of hydrogen-bond acceptors (Lipinski definition) is 4. The highest BCUT2D eigenvalue weighted by Crippen LogP contribution is 2.23. The Kier molecular flexibility index (Phi) is 7.56. The monoisotopic (exact) mass is 417 g/mol. The van der Waals surface area contributed by atoms with Crippen molar-refractivity contribution in [3.8, 4) is 0 Å². The minimum Gasteiger partial charge on any atom is -0.361 e. The second kappa shape index (κ2) is 10.1. The van der Waals surface area contributed by atoms with Crippen LogP contribution in [0.3, 0.4) is 0 Å². The number of halogens is 1. The van der Waals surface area contributed by atoms with Gasteiger partial charge in [-0.15, -0.1) is 0 Å². The Morgan fingerprint density at radius 2 is 2.03 bits per heavy atom. The minimum atomic E-state index is 0.277. The number of guanidine groups is 1. The number of nitrogens with one attached hydrogen (secondary N) is 1. The molecule has 1 atom stereocenters. The Morgan fingerprint density at radius 3 is 2.66 bits per heavy atom. The molecule has 7 heteroatoms. The molecule has 158 valence electrons. The first-order valence-electron chi connectivity index (χ1n) is 10.4. The van der Waals surface area contributed by atoms with Crippen molar-refractivity contribution in [2.24, 2.45) is 4.99 Å². The summed E-state index contributed by atoms with van der Waals surface area (Å²) in [6, 6.07) is 8.13. The normalized spacial score (nSPS) is 16.9. The van der Waals surface area contributed by atoms with Crippen LogP contribution in [-0.2, 0) is 6.54 Å². The van der Waals surface area contributed by atoms with Gasteiger partial charge in [0.15, 0.2) is 5.96 Å². The van der Waals surface area contributed by atoms with E-state index < -0.39 is 0 Å². The highest BCUT2D eigenvalue weighted by atomic mass is 35.5. The maximum atomic E-state index is 6.12. The second-order valence-electron chi connectivity index (χ2n) is 7.73. The molecule has 1 unspecified atom stereocenters. The highest BCUT2D eigenvalue weighted by molar-refractivity contribution is 6.30. The predicted octanol–water partition coefficient (Wildman–Crippen LogP) is 3.83. The maximum Gasteiger partial charge on any atom is 0.194 e. The third kappa shape index (κ3) is 5.73. The molecule has 0 radical (unpaired) electrons. The summed E-state index contributed by atoms with van der Waals surface area (Å²) in [5.41, 5.74) is 3.40. The zero-order valence-corrected chi connectivity index (χ0v) is 18.7. The van der Waals surface area contributed by atoms with Crippen molar-refractivity contribution >= 4 is 17.6 Å². The number of hydrogen-bond donors (Lipinski definition) is 1. The summed E-state index contributed by atoms with van der Waals surface area (Å²) in [5, 5.41) is 8.33. The number of nitrogens with zero attached hydrogens (tertiary/aromatic N) is 4. The molecule has 6 nitrogen and oxygen atoms in total. The van der Waals surface area contributed by atoms with E-state index in [-0.39, 0.29) is 5.92 Å². The quantitative estimate of drug-likeness (QED) is 0.571. The summed E-state index contributed by atoms with van der Waals surface area (Å²) in [4.78, 5) is 9.75. The summed E-state index contributed by atoms with van der Waals surface area (Å²) in [5.74, 6) is 2.16. The average Bonchev–Trinajstić information content (AvgIpc) is 3.04. The summed E-state index contributed by atoms with van der Waals surface area (Å²) >= 11 is 6.12. The van der Waals surface area contributed by atoms with Crippen molar-refractivity contribution in [1.82, 2.24) is 20.3 Å². The van der Waals surface area contributed by atoms with E-state index in [0.29, 0.717) is 6.54 Å². The first kappa shape index (κ1) is 21.7. The number of aryl methyl sites for hydroxylation is 2. The molecule has 1 aromatic heterocycles. The number of benzene rings is 1. The number of aliphatic imine (C=N–C) groups is 1. The molecule has 1 aromatic carbocycles. The third-order valence-electron chi connectivity index (χ3n) is 5.40. The smallest absolute Gasteiger partial charge is 0.194 e. The molecule has 1 aliphatic rings. The molecule has 0 spiro atoms. The van der Waals surface area contributed by atoms with E-state index in [4.69, 9.17) is 21.1 Å². The lowest BCUT2D eigenvalue weighted by atomic mass is 10.00. The molecule has 1 N–H and O–H groups in total. The van der Waals surface area contributed by atoms with E-state index in [1.165, 1.54) is 11.1 Å². The fourth-order valence-corrected chi connectivity index (χ4v) is 4.16. The van der Waals surface area contributed by atoms with Crippen molar-refractivity contribution in [3.05, 3.63) is 51.9 Å². The lowest BCUT2D eigenvalue weighted by molar-refractivity contribution is 0.172. The van der Waals surface area contributed by atoms with E-state index in [9.17, 15) is 0 Å². The molecule has 0 bridgehead atoms. The van der Waals surface area contributed by atoms with Gasteiger partial charge in [0.25, 0.3) is 0 Å². The summed E-state index contributed by atoms with van der Waals surface area (Å²) in [6.45, 7) is 14.7. The topological polar surface area (TPSA) is 56.9 Å². The Balaban J connectivity index is 1.58. The predicted molar refractivity (Wildman–Crippen MR) is 119 cm³/mol. The Morgan fingerprint density at radius 1 is 1.28 bits per heavy atom. The van der Waals surface area contributed by atoms with Crippen LogP contribution in [0.5, 0.6) is 0 Å². The van der Waals surface area contributed by atoms with Gasteiger partial charge in [-0.25, -0.2) is 0 Å². The van der Waals surface area contributed by atoms with Gasteiger partial charge < -0.3 is 14.7 Å². The molecular weight excluding hydrogens is 386 g/mol. The minimum absolute atomic E-state index is 0.277. The molecule has 1 aliphatic heterocycles. The van der Waals surface area contributed by atoms with Crippen LogP contribution in [0.25, 0.3) is 0 Å². The van der Waals surface area contributed by atoms with Crippen LogP contribution in [0.15, 0.2) is 33.8 Å². The first-order valence-corrected chi connectivity index (χ1v) is 10.8. The van der Waals surface area contributed by atoms with Crippen molar-refractivity contribution in [2.45, 2.75) is 40.2 Å². The molecule has 1 saturated heterocycles. The van der Waals surface area contributed by atoms with Crippen molar-refractivity contribution in [3.63, 3.8) is 0 Å². The van der Waals surface area contributed by atoms with Gasteiger partial charge in [-0.05, 0) is 38.5 Å².